The van der Waals surface area contributed by atoms with Crippen molar-refractivity contribution in [1.29, 1.82) is 0 Å². The average molecular weight is 544 g/mol. The average Bonchev–Trinajstić information content (AvgIpc) is 2.96. The van der Waals surface area contributed by atoms with Crippen molar-refractivity contribution >= 4 is 27.8 Å². The summed E-state index contributed by atoms with van der Waals surface area (Å²) in [6, 6.07) is 30.0. The molecule has 0 aliphatic carbocycles. The molecule has 1 N–H and O–H groups in total. The number of nitrogens with zero attached hydrogens (tertiary/aromatic N) is 2. The first-order valence-electron chi connectivity index (χ1n) is 12.2. The molecule has 0 atom stereocenters. The largest absolute Gasteiger partial charge is 0.497 e. The number of ether oxygens (including phenoxy) is 2. The van der Waals surface area contributed by atoms with Gasteiger partial charge >= 0.3 is 0 Å². The molecule has 0 spiro atoms. The Morgan fingerprint density at radius 2 is 1.64 bits per heavy atom. The first kappa shape index (κ1) is 27.4. The summed E-state index contributed by atoms with van der Waals surface area (Å²) in [6.07, 6.45) is 1.46. The quantitative estimate of drug-likeness (QED) is 0.214. The van der Waals surface area contributed by atoms with Gasteiger partial charge in [0.05, 0.1) is 23.9 Å². The van der Waals surface area contributed by atoms with Gasteiger partial charge in [-0.1, -0.05) is 66.2 Å². The van der Waals surface area contributed by atoms with Gasteiger partial charge in [0.25, 0.3) is 15.9 Å². The number of aryl methyl sites for hydroxylation is 1. The van der Waals surface area contributed by atoms with Crippen molar-refractivity contribution in [2.24, 2.45) is 5.10 Å². The number of methoxy groups -OCH3 is 1. The van der Waals surface area contributed by atoms with Gasteiger partial charge in [-0.05, 0) is 48.9 Å². The smallest absolute Gasteiger partial charge is 0.264 e. The van der Waals surface area contributed by atoms with E-state index in [9.17, 15) is 13.2 Å². The maximum atomic E-state index is 13.6. The zero-order chi connectivity index (χ0) is 27.7. The van der Waals surface area contributed by atoms with Crippen LogP contribution in [-0.2, 0) is 21.4 Å². The second-order valence-corrected chi connectivity index (χ2v) is 10.5. The van der Waals surface area contributed by atoms with Crippen LogP contribution in [0.5, 0.6) is 11.5 Å². The van der Waals surface area contributed by atoms with E-state index in [2.05, 4.69) is 10.5 Å². The van der Waals surface area contributed by atoms with Crippen molar-refractivity contribution in [1.82, 2.24) is 5.43 Å². The normalized spacial score (nSPS) is 11.2. The summed E-state index contributed by atoms with van der Waals surface area (Å²) in [5, 5.41) is 4.05. The molecule has 0 bridgehead atoms. The Bertz CT molecular complexity index is 1540. The third-order valence-corrected chi connectivity index (χ3v) is 7.57. The van der Waals surface area contributed by atoms with Gasteiger partial charge in [-0.25, -0.2) is 13.8 Å². The fourth-order valence-electron chi connectivity index (χ4n) is 3.71. The number of rotatable bonds is 11. The second kappa shape index (κ2) is 12.7. The standard InChI is InChI=1S/C30H29N3O5S/c1-23-15-17-28(18-16-23)39(35,36)33(26-12-8-13-27(19-26)37-2)21-30(34)32-31-20-25-11-6-7-14-29(25)38-22-24-9-4-3-5-10-24/h3-20H,21-22H2,1-2H3,(H,32,34)/b31-20+. The van der Waals surface area contributed by atoms with Gasteiger partial charge in [0.1, 0.15) is 24.7 Å². The molecule has 39 heavy (non-hydrogen) atoms. The summed E-state index contributed by atoms with van der Waals surface area (Å²) in [4.78, 5) is 13.0. The van der Waals surface area contributed by atoms with Crippen molar-refractivity contribution < 1.29 is 22.7 Å². The summed E-state index contributed by atoms with van der Waals surface area (Å²) in [5.41, 5.74) is 5.31. The predicted octanol–water partition coefficient (Wildman–Crippen LogP) is 4.93. The van der Waals surface area contributed by atoms with E-state index in [1.54, 1.807) is 42.5 Å². The molecule has 9 heteroatoms. The van der Waals surface area contributed by atoms with Gasteiger partial charge < -0.3 is 9.47 Å². The molecule has 0 saturated carbocycles. The van der Waals surface area contributed by atoms with Crippen molar-refractivity contribution in [3.05, 3.63) is 120 Å². The van der Waals surface area contributed by atoms with E-state index in [1.807, 2.05) is 55.5 Å². The van der Waals surface area contributed by atoms with Gasteiger partial charge in [-0.3, -0.25) is 9.10 Å². The third-order valence-electron chi connectivity index (χ3n) is 5.79. The number of hydrogen-bond donors (Lipinski definition) is 1. The van der Waals surface area contributed by atoms with E-state index in [-0.39, 0.29) is 10.6 Å². The number of sulfonamides is 1. The van der Waals surface area contributed by atoms with Crippen molar-refractivity contribution in [2.75, 3.05) is 18.0 Å². The zero-order valence-electron chi connectivity index (χ0n) is 21.7. The Morgan fingerprint density at radius 1 is 0.923 bits per heavy atom. The van der Waals surface area contributed by atoms with Crippen LogP contribution in [0.1, 0.15) is 16.7 Å². The van der Waals surface area contributed by atoms with Crippen molar-refractivity contribution in [3.63, 3.8) is 0 Å². The molecule has 1 amide bonds. The SMILES string of the molecule is COc1cccc(N(CC(=O)N/N=C/c2ccccc2OCc2ccccc2)S(=O)(=O)c2ccc(C)cc2)c1. The van der Waals surface area contributed by atoms with E-state index >= 15 is 0 Å². The number of benzene rings is 4. The Morgan fingerprint density at radius 3 is 2.38 bits per heavy atom. The van der Waals surface area contributed by atoms with Crippen LogP contribution in [0, 0.1) is 6.92 Å². The van der Waals surface area contributed by atoms with Crippen LogP contribution in [-0.4, -0.2) is 34.2 Å². The van der Waals surface area contributed by atoms with E-state index in [4.69, 9.17) is 9.47 Å². The van der Waals surface area contributed by atoms with Crippen LogP contribution >= 0.6 is 0 Å². The first-order chi connectivity index (χ1) is 18.9. The summed E-state index contributed by atoms with van der Waals surface area (Å²) < 4.78 is 39.3. The van der Waals surface area contributed by atoms with Crippen molar-refractivity contribution in [2.45, 2.75) is 18.4 Å². The van der Waals surface area contributed by atoms with Crippen LogP contribution < -0.4 is 19.2 Å². The number of carbonyl (C=O) groups is 1. The van der Waals surface area contributed by atoms with Gasteiger partial charge in [-0.15, -0.1) is 0 Å². The third kappa shape index (κ3) is 7.24. The molecule has 0 aliphatic heterocycles. The molecule has 200 valence electrons. The summed E-state index contributed by atoms with van der Waals surface area (Å²) in [6.45, 7) is 1.75. The molecular weight excluding hydrogens is 514 g/mol. The minimum absolute atomic E-state index is 0.0664. The van der Waals surface area contributed by atoms with Crippen LogP contribution in [0.3, 0.4) is 0 Å². The maximum Gasteiger partial charge on any atom is 0.264 e. The lowest BCUT2D eigenvalue weighted by Gasteiger charge is -2.24. The highest BCUT2D eigenvalue weighted by Crippen LogP contribution is 2.27. The molecule has 0 aromatic heterocycles. The first-order valence-corrected chi connectivity index (χ1v) is 13.6. The Labute approximate surface area is 228 Å². The molecule has 0 unspecified atom stereocenters. The van der Waals surface area contributed by atoms with Crippen LogP contribution in [0.25, 0.3) is 0 Å². The van der Waals surface area contributed by atoms with E-state index in [0.717, 1.165) is 15.4 Å². The molecule has 0 saturated heterocycles. The molecular formula is C30H29N3O5S. The Balaban J connectivity index is 1.50. The number of amides is 1. The highest BCUT2D eigenvalue weighted by Gasteiger charge is 2.27. The fourth-order valence-corrected chi connectivity index (χ4v) is 5.12. The lowest BCUT2D eigenvalue weighted by Crippen LogP contribution is -2.39. The fraction of sp³-hybridized carbons (Fsp3) is 0.133. The second-order valence-electron chi connectivity index (χ2n) is 8.63. The molecule has 4 aromatic carbocycles. The van der Waals surface area contributed by atoms with Crippen LogP contribution in [0.2, 0.25) is 0 Å². The van der Waals surface area contributed by atoms with E-state index in [0.29, 0.717) is 23.7 Å². The number of anilines is 1. The monoisotopic (exact) mass is 543 g/mol. The number of hydrazone groups is 1. The summed E-state index contributed by atoms with van der Waals surface area (Å²) >= 11 is 0. The molecule has 4 aromatic rings. The Hall–Kier alpha value is -4.63. The van der Waals surface area contributed by atoms with Gasteiger partial charge in [0.15, 0.2) is 0 Å². The summed E-state index contributed by atoms with van der Waals surface area (Å²) in [5.74, 6) is 0.439. The molecule has 0 fully saturated rings. The minimum atomic E-state index is -4.06. The molecule has 4 rings (SSSR count). The van der Waals surface area contributed by atoms with E-state index in [1.165, 1.54) is 25.5 Å². The zero-order valence-corrected chi connectivity index (χ0v) is 22.5. The molecule has 0 aliphatic rings. The summed E-state index contributed by atoms with van der Waals surface area (Å²) in [7, 11) is -2.58. The maximum absolute atomic E-state index is 13.6. The number of para-hydroxylation sites is 1. The lowest BCUT2D eigenvalue weighted by molar-refractivity contribution is -0.119. The minimum Gasteiger partial charge on any atom is -0.497 e. The van der Waals surface area contributed by atoms with Gasteiger partial charge in [-0.2, -0.15) is 5.10 Å². The van der Waals surface area contributed by atoms with Gasteiger partial charge in [0, 0.05) is 11.6 Å². The molecule has 0 heterocycles. The highest BCUT2D eigenvalue weighted by atomic mass is 32.2. The van der Waals surface area contributed by atoms with Gasteiger partial charge in [0.2, 0.25) is 0 Å². The topological polar surface area (TPSA) is 97.3 Å². The predicted molar refractivity (Wildman–Crippen MR) is 152 cm³/mol. The number of nitrogens with one attached hydrogen (secondary N) is 1. The van der Waals surface area contributed by atoms with Crippen molar-refractivity contribution in [3.8, 4) is 11.5 Å². The number of hydrogen-bond acceptors (Lipinski definition) is 6. The molecule has 0 radical (unpaired) electrons. The number of carbonyl (C=O) groups excluding carboxylic acids is 1. The van der Waals surface area contributed by atoms with Crippen LogP contribution in [0.15, 0.2) is 113 Å². The Kier molecular flexibility index (Phi) is 8.96. The highest BCUT2D eigenvalue weighted by molar-refractivity contribution is 7.92. The van der Waals surface area contributed by atoms with Crippen LogP contribution in [0.4, 0.5) is 5.69 Å². The lowest BCUT2D eigenvalue weighted by atomic mass is 10.2. The van der Waals surface area contributed by atoms with E-state index < -0.39 is 22.5 Å². The molecule has 8 nitrogen and oxygen atoms in total.